The summed E-state index contributed by atoms with van der Waals surface area (Å²) < 4.78 is 37.6. The summed E-state index contributed by atoms with van der Waals surface area (Å²) in [6, 6.07) is 6.28. The van der Waals surface area contributed by atoms with Crippen molar-refractivity contribution < 1.29 is 23.0 Å². The van der Waals surface area contributed by atoms with Crippen LogP contribution in [-0.4, -0.2) is 30.8 Å². The number of carbonyl (C=O) groups is 1. The monoisotopic (exact) mass is 359 g/mol. The van der Waals surface area contributed by atoms with Crippen LogP contribution in [0.25, 0.3) is 0 Å². The molecule has 0 bridgehead atoms. The van der Waals surface area contributed by atoms with Gasteiger partial charge in [0.15, 0.2) is 5.17 Å². The minimum atomic E-state index is -3.28. The van der Waals surface area contributed by atoms with Gasteiger partial charge in [-0.1, -0.05) is 23.8 Å². The molecule has 0 saturated carbocycles. The number of benzene rings is 1. The first-order valence-electron chi connectivity index (χ1n) is 7.46. The van der Waals surface area contributed by atoms with E-state index >= 15 is 0 Å². The highest BCUT2D eigenvalue weighted by atomic mass is 35.5. The number of halogens is 3. The Morgan fingerprint density at radius 3 is 2.54 bits per heavy atom. The van der Waals surface area contributed by atoms with Gasteiger partial charge in [-0.25, -0.2) is 4.99 Å². The predicted octanol–water partition coefficient (Wildman–Crippen LogP) is 4.89. The Morgan fingerprint density at radius 2 is 1.96 bits per heavy atom. The Morgan fingerprint density at radius 1 is 1.29 bits per heavy atom. The number of carbonyl (C=O) groups excluding carboxylic acids is 1. The van der Waals surface area contributed by atoms with Gasteiger partial charge in [-0.15, -0.1) is 0 Å². The molecule has 24 heavy (non-hydrogen) atoms. The van der Waals surface area contributed by atoms with Crippen LogP contribution in [0.1, 0.15) is 26.2 Å². The number of hydrogen-bond acceptors (Lipinski definition) is 4. The Bertz CT molecular complexity index is 586. The summed E-state index contributed by atoms with van der Waals surface area (Å²) in [5.41, 5.74) is 0.312. The third-order valence-corrected chi connectivity index (χ3v) is 3.32. The Kier molecular flexibility index (Phi) is 8.40. The second-order valence-electron chi connectivity index (χ2n) is 4.82. The summed E-state index contributed by atoms with van der Waals surface area (Å²) in [5, 5.41) is -0.789. The summed E-state index contributed by atoms with van der Waals surface area (Å²) in [6.45, 7) is 2.01. The molecule has 1 aromatic rings. The summed E-state index contributed by atoms with van der Waals surface area (Å²) >= 11 is 5.65. The molecular formula is C17H20ClF2NO3. The average Bonchev–Trinajstić information content (AvgIpc) is 2.55. The highest BCUT2D eigenvalue weighted by Gasteiger charge is 2.33. The largest absolute Gasteiger partial charge is 0.497 e. The maximum absolute atomic E-state index is 13.9. The SMILES string of the molecule is CCOC(=O)CC/C=C/CC(F)(F)C(Cl)=Nc1ccc(OC)cc1. The van der Waals surface area contributed by atoms with E-state index in [0.29, 0.717) is 24.5 Å². The number of ether oxygens (including phenoxy) is 2. The highest BCUT2D eigenvalue weighted by molar-refractivity contribution is 6.67. The minimum absolute atomic E-state index is 0.156. The van der Waals surface area contributed by atoms with Gasteiger partial charge in [-0.2, -0.15) is 8.78 Å². The molecule has 0 aliphatic heterocycles. The number of alkyl halides is 2. The molecule has 0 aliphatic carbocycles. The quantitative estimate of drug-likeness (QED) is 0.358. The van der Waals surface area contributed by atoms with Crippen molar-refractivity contribution in [3.05, 3.63) is 36.4 Å². The van der Waals surface area contributed by atoms with Crippen molar-refractivity contribution in [1.82, 2.24) is 0 Å². The number of esters is 1. The van der Waals surface area contributed by atoms with Crippen molar-refractivity contribution in [3.8, 4) is 5.75 Å². The van der Waals surface area contributed by atoms with Crippen molar-refractivity contribution in [2.75, 3.05) is 13.7 Å². The van der Waals surface area contributed by atoms with Gasteiger partial charge in [0.25, 0.3) is 0 Å². The van der Waals surface area contributed by atoms with E-state index in [1.54, 1.807) is 19.1 Å². The number of methoxy groups -OCH3 is 1. The topological polar surface area (TPSA) is 47.9 Å². The first-order chi connectivity index (χ1) is 11.4. The van der Waals surface area contributed by atoms with Crippen LogP contribution in [0.2, 0.25) is 0 Å². The number of hydrogen-bond donors (Lipinski definition) is 0. The lowest BCUT2D eigenvalue weighted by Gasteiger charge is -2.12. The molecule has 0 heterocycles. The van der Waals surface area contributed by atoms with E-state index in [4.69, 9.17) is 21.1 Å². The minimum Gasteiger partial charge on any atom is -0.497 e. The molecule has 0 N–H and O–H groups in total. The van der Waals surface area contributed by atoms with Gasteiger partial charge in [0, 0.05) is 12.8 Å². The van der Waals surface area contributed by atoms with E-state index in [2.05, 4.69) is 4.99 Å². The summed E-state index contributed by atoms with van der Waals surface area (Å²) in [4.78, 5) is 14.8. The third-order valence-electron chi connectivity index (χ3n) is 2.96. The molecule has 1 aromatic carbocycles. The number of rotatable bonds is 9. The van der Waals surface area contributed by atoms with Gasteiger partial charge in [0.1, 0.15) is 5.75 Å². The van der Waals surface area contributed by atoms with Crippen LogP contribution in [0.5, 0.6) is 5.75 Å². The normalized spacial score (nSPS) is 12.5. The number of aliphatic imine (C=N–C) groups is 1. The van der Waals surface area contributed by atoms with E-state index in [1.165, 1.54) is 31.4 Å². The molecule has 132 valence electrons. The molecule has 0 unspecified atom stereocenters. The van der Waals surface area contributed by atoms with Gasteiger partial charge in [-0.05, 0) is 37.6 Å². The molecule has 0 spiro atoms. The molecule has 0 aliphatic rings. The summed E-state index contributed by atoms with van der Waals surface area (Å²) in [5.74, 6) is -3.03. The summed E-state index contributed by atoms with van der Waals surface area (Å²) in [7, 11) is 1.51. The lowest BCUT2D eigenvalue weighted by atomic mass is 10.2. The maximum atomic E-state index is 13.9. The van der Waals surface area contributed by atoms with Gasteiger partial charge in [0.2, 0.25) is 0 Å². The van der Waals surface area contributed by atoms with Crippen LogP contribution in [0.3, 0.4) is 0 Å². The van der Waals surface area contributed by atoms with Crippen molar-refractivity contribution >= 4 is 28.4 Å². The summed E-state index contributed by atoms with van der Waals surface area (Å²) in [6.07, 6.45) is 2.69. The molecule has 0 amide bonds. The molecule has 7 heteroatoms. The fourth-order valence-electron chi connectivity index (χ4n) is 1.72. The zero-order valence-electron chi connectivity index (χ0n) is 13.6. The lowest BCUT2D eigenvalue weighted by molar-refractivity contribution is -0.143. The van der Waals surface area contributed by atoms with Crippen molar-refractivity contribution in [2.45, 2.75) is 32.1 Å². The standard InChI is InChI=1S/C17H20ClF2NO3/c1-3-24-15(22)7-5-4-6-12-17(19,20)16(18)21-13-8-10-14(23-2)11-9-13/h4,6,8-11H,3,5,7,12H2,1-2H3/b6-4+,21-16?. The van der Waals surface area contributed by atoms with E-state index in [-0.39, 0.29) is 12.4 Å². The number of allylic oxidation sites excluding steroid dienone is 2. The Hall–Kier alpha value is -1.95. The second kappa shape index (κ2) is 10.0. The van der Waals surface area contributed by atoms with E-state index in [9.17, 15) is 13.6 Å². The van der Waals surface area contributed by atoms with Crippen molar-refractivity contribution in [2.24, 2.45) is 4.99 Å². The molecule has 0 radical (unpaired) electrons. The first kappa shape index (κ1) is 20.1. The molecule has 0 aromatic heterocycles. The Balaban J connectivity index is 2.56. The van der Waals surface area contributed by atoms with Crippen LogP contribution < -0.4 is 4.74 Å². The van der Waals surface area contributed by atoms with Gasteiger partial charge >= 0.3 is 11.9 Å². The molecule has 4 nitrogen and oxygen atoms in total. The zero-order chi connectivity index (χ0) is 18.0. The average molecular weight is 360 g/mol. The molecule has 0 fully saturated rings. The van der Waals surface area contributed by atoms with Crippen molar-refractivity contribution in [1.29, 1.82) is 0 Å². The van der Waals surface area contributed by atoms with Gasteiger partial charge in [0.05, 0.1) is 19.4 Å². The van der Waals surface area contributed by atoms with E-state index in [0.717, 1.165) is 0 Å². The van der Waals surface area contributed by atoms with Crippen molar-refractivity contribution in [3.63, 3.8) is 0 Å². The molecule has 1 rings (SSSR count). The highest BCUT2D eigenvalue weighted by Crippen LogP contribution is 2.27. The smallest absolute Gasteiger partial charge is 0.306 e. The van der Waals surface area contributed by atoms with E-state index < -0.39 is 17.5 Å². The third kappa shape index (κ3) is 7.08. The first-order valence-corrected chi connectivity index (χ1v) is 7.84. The zero-order valence-corrected chi connectivity index (χ0v) is 14.4. The van der Waals surface area contributed by atoms with E-state index in [1.807, 2.05) is 0 Å². The Labute approximate surface area is 145 Å². The van der Waals surface area contributed by atoms with Crippen LogP contribution in [-0.2, 0) is 9.53 Å². The maximum Gasteiger partial charge on any atom is 0.306 e. The van der Waals surface area contributed by atoms with Crippen LogP contribution in [0.15, 0.2) is 41.4 Å². The fraction of sp³-hybridized carbons (Fsp3) is 0.412. The van der Waals surface area contributed by atoms with Gasteiger partial charge in [-0.3, -0.25) is 4.79 Å². The van der Waals surface area contributed by atoms with Gasteiger partial charge < -0.3 is 9.47 Å². The molecular weight excluding hydrogens is 340 g/mol. The second-order valence-corrected chi connectivity index (χ2v) is 5.18. The molecule has 0 saturated heterocycles. The predicted molar refractivity (Wildman–Crippen MR) is 90.5 cm³/mol. The van der Waals surface area contributed by atoms with Crippen LogP contribution >= 0.6 is 11.6 Å². The fourth-order valence-corrected chi connectivity index (χ4v) is 1.89. The number of nitrogens with zero attached hydrogens (tertiary/aromatic N) is 1. The van der Waals surface area contributed by atoms with Crippen LogP contribution in [0.4, 0.5) is 14.5 Å². The lowest BCUT2D eigenvalue weighted by Crippen LogP contribution is -2.23. The molecule has 0 atom stereocenters. The van der Waals surface area contributed by atoms with Crippen LogP contribution in [0, 0.1) is 0 Å².